The predicted molar refractivity (Wildman–Crippen MR) is 88.2 cm³/mol. The van der Waals surface area contributed by atoms with Crippen LogP contribution in [-0.2, 0) is 0 Å². The highest BCUT2D eigenvalue weighted by molar-refractivity contribution is 9.13. The van der Waals surface area contributed by atoms with Crippen LogP contribution in [-0.4, -0.2) is 7.11 Å². The van der Waals surface area contributed by atoms with E-state index in [1.54, 1.807) is 18.4 Å². The van der Waals surface area contributed by atoms with Crippen LogP contribution in [0.25, 0.3) is 0 Å². The van der Waals surface area contributed by atoms with Gasteiger partial charge in [0.05, 0.1) is 15.7 Å². The summed E-state index contributed by atoms with van der Waals surface area (Å²) in [4.78, 5) is 1.43. The van der Waals surface area contributed by atoms with E-state index in [1.165, 1.54) is 10.4 Å². The van der Waals surface area contributed by atoms with E-state index in [4.69, 9.17) is 4.74 Å². The van der Waals surface area contributed by atoms with Crippen molar-refractivity contribution in [2.45, 2.75) is 11.8 Å². The van der Waals surface area contributed by atoms with Crippen LogP contribution >= 0.6 is 59.1 Å². The maximum atomic E-state index is 5.36. The molecule has 1 heterocycles. The first-order chi connectivity index (χ1) is 8.52. The summed E-state index contributed by atoms with van der Waals surface area (Å²) in [6.07, 6.45) is 0. The number of hydrogen-bond donors (Lipinski definition) is 0. The molecule has 0 spiro atoms. The average Bonchev–Trinajstić information content (AvgIpc) is 2.69. The first-order valence-electron chi connectivity index (χ1n) is 5.26. The molecule has 0 bridgehead atoms. The molecule has 1 unspecified atom stereocenters. The minimum absolute atomic E-state index is 0.180. The Labute approximate surface area is 136 Å². The molecular formula is C13H11Br3OS. The molecule has 0 aliphatic rings. The SMILES string of the molecule is COc1cc(C(Br)c2cc(Br)c(Br)s2)ccc1C. The fourth-order valence-electron chi connectivity index (χ4n) is 1.65. The van der Waals surface area contributed by atoms with E-state index in [9.17, 15) is 0 Å². The molecule has 0 aliphatic heterocycles. The van der Waals surface area contributed by atoms with Gasteiger partial charge in [0.1, 0.15) is 5.75 Å². The zero-order valence-electron chi connectivity index (χ0n) is 9.84. The maximum absolute atomic E-state index is 5.36. The number of methoxy groups -OCH3 is 1. The summed E-state index contributed by atoms with van der Waals surface area (Å²) in [5.41, 5.74) is 2.34. The number of rotatable bonds is 3. The van der Waals surface area contributed by atoms with E-state index >= 15 is 0 Å². The number of thiophene rings is 1. The minimum Gasteiger partial charge on any atom is -0.496 e. The van der Waals surface area contributed by atoms with Crippen LogP contribution in [0.1, 0.15) is 20.8 Å². The smallest absolute Gasteiger partial charge is 0.122 e. The number of ether oxygens (including phenoxy) is 1. The highest BCUT2D eigenvalue weighted by Gasteiger charge is 2.16. The van der Waals surface area contributed by atoms with Crippen LogP contribution in [0.4, 0.5) is 0 Å². The highest BCUT2D eigenvalue weighted by atomic mass is 79.9. The van der Waals surface area contributed by atoms with Crippen molar-refractivity contribution in [1.82, 2.24) is 0 Å². The lowest BCUT2D eigenvalue weighted by Gasteiger charge is -2.11. The lowest BCUT2D eigenvalue weighted by atomic mass is 10.1. The summed E-state index contributed by atoms with van der Waals surface area (Å²) >= 11 is 12.5. The Balaban J connectivity index is 2.36. The number of hydrogen-bond acceptors (Lipinski definition) is 2. The molecule has 0 fully saturated rings. The molecule has 1 aromatic heterocycles. The third kappa shape index (κ3) is 3.00. The van der Waals surface area contributed by atoms with Gasteiger partial charge in [0.2, 0.25) is 0 Å². The molecule has 18 heavy (non-hydrogen) atoms. The molecule has 0 aliphatic carbocycles. The first-order valence-corrected chi connectivity index (χ1v) is 8.58. The van der Waals surface area contributed by atoms with Crippen molar-refractivity contribution < 1.29 is 4.74 Å². The third-order valence-corrected chi connectivity index (χ3v) is 7.28. The number of alkyl halides is 1. The van der Waals surface area contributed by atoms with Gasteiger partial charge in [-0.2, -0.15) is 0 Å². The van der Waals surface area contributed by atoms with Crippen LogP contribution in [0, 0.1) is 6.92 Å². The largest absolute Gasteiger partial charge is 0.496 e. The molecule has 1 nitrogen and oxygen atoms in total. The maximum Gasteiger partial charge on any atom is 0.122 e. The second kappa shape index (κ2) is 6.07. The van der Waals surface area contributed by atoms with E-state index < -0.39 is 0 Å². The molecule has 96 valence electrons. The van der Waals surface area contributed by atoms with Gasteiger partial charge in [-0.25, -0.2) is 0 Å². The molecule has 2 rings (SSSR count). The van der Waals surface area contributed by atoms with E-state index in [2.05, 4.69) is 72.1 Å². The van der Waals surface area contributed by atoms with Crippen molar-refractivity contribution >= 4 is 59.1 Å². The molecule has 0 radical (unpaired) electrons. The molecule has 0 saturated heterocycles. The second-order valence-corrected chi connectivity index (χ2v) is 8.03. The molecule has 0 amide bonds. The standard InChI is InChI=1S/C13H11Br3OS/c1-7-3-4-8(5-10(7)17-2)12(15)11-6-9(14)13(16)18-11/h3-6,12H,1-2H3. The van der Waals surface area contributed by atoms with Crippen molar-refractivity contribution in [3.05, 3.63) is 48.5 Å². The van der Waals surface area contributed by atoms with Crippen molar-refractivity contribution in [2.24, 2.45) is 0 Å². The molecule has 1 atom stereocenters. The van der Waals surface area contributed by atoms with Crippen LogP contribution in [0.3, 0.4) is 0 Å². The van der Waals surface area contributed by atoms with Crippen molar-refractivity contribution in [3.8, 4) is 5.75 Å². The lowest BCUT2D eigenvalue weighted by Crippen LogP contribution is -1.93. The number of benzene rings is 1. The molecule has 2 aromatic rings. The quantitative estimate of drug-likeness (QED) is 0.511. The molecule has 1 aromatic carbocycles. The van der Waals surface area contributed by atoms with E-state index in [0.717, 1.165) is 19.6 Å². The minimum atomic E-state index is 0.180. The molecule has 0 N–H and O–H groups in total. The van der Waals surface area contributed by atoms with Gasteiger partial charge in [0.15, 0.2) is 0 Å². The summed E-state index contributed by atoms with van der Waals surface area (Å²) < 4.78 is 7.57. The molecule has 5 heteroatoms. The third-order valence-electron chi connectivity index (χ3n) is 2.64. The lowest BCUT2D eigenvalue weighted by molar-refractivity contribution is 0.411. The van der Waals surface area contributed by atoms with Gasteiger partial charge >= 0.3 is 0 Å². The zero-order chi connectivity index (χ0) is 13.3. The predicted octanol–water partition coefficient (Wildman–Crippen LogP) is 6.07. The second-order valence-electron chi connectivity index (χ2n) is 3.86. The van der Waals surface area contributed by atoms with Gasteiger partial charge in [0, 0.05) is 9.35 Å². The normalized spacial score (nSPS) is 12.5. The first kappa shape index (κ1) is 14.6. The Bertz CT molecular complexity index is 546. The van der Waals surface area contributed by atoms with Gasteiger partial charge in [-0.05, 0) is 62.0 Å². The monoisotopic (exact) mass is 452 g/mol. The molecular weight excluding hydrogens is 444 g/mol. The number of halogens is 3. The van der Waals surface area contributed by atoms with Crippen LogP contribution in [0.2, 0.25) is 0 Å². The molecule has 0 saturated carbocycles. The van der Waals surface area contributed by atoms with Gasteiger partial charge in [0.25, 0.3) is 0 Å². The van der Waals surface area contributed by atoms with Gasteiger partial charge in [-0.15, -0.1) is 11.3 Å². The van der Waals surface area contributed by atoms with Crippen molar-refractivity contribution in [2.75, 3.05) is 7.11 Å². The van der Waals surface area contributed by atoms with E-state index in [0.29, 0.717) is 0 Å². The summed E-state index contributed by atoms with van der Waals surface area (Å²) in [5, 5.41) is 0. The van der Waals surface area contributed by atoms with Crippen LogP contribution < -0.4 is 4.74 Å². The van der Waals surface area contributed by atoms with E-state index in [1.807, 2.05) is 6.92 Å². The fourth-order valence-corrected chi connectivity index (χ4v) is 4.44. The Kier molecular flexibility index (Phi) is 4.92. The topological polar surface area (TPSA) is 9.23 Å². The van der Waals surface area contributed by atoms with E-state index in [-0.39, 0.29) is 4.83 Å². The van der Waals surface area contributed by atoms with Gasteiger partial charge in [-0.3, -0.25) is 0 Å². The fraction of sp³-hybridized carbons (Fsp3) is 0.231. The summed E-state index contributed by atoms with van der Waals surface area (Å²) in [5.74, 6) is 0.923. The van der Waals surface area contributed by atoms with Crippen LogP contribution in [0.15, 0.2) is 32.5 Å². The summed E-state index contributed by atoms with van der Waals surface area (Å²) in [7, 11) is 1.70. The highest BCUT2D eigenvalue weighted by Crippen LogP contribution is 2.42. The average molecular weight is 455 g/mol. The van der Waals surface area contributed by atoms with Gasteiger partial charge in [-0.1, -0.05) is 28.1 Å². The van der Waals surface area contributed by atoms with Crippen LogP contribution in [0.5, 0.6) is 5.75 Å². The Morgan fingerprint density at radius 2 is 1.94 bits per heavy atom. The van der Waals surface area contributed by atoms with Crippen molar-refractivity contribution in [3.63, 3.8) is 0 Å². The Hall–Kier alpha value is 0.160. The zero-order valence-corrected chi connectivity index (χ0v) is 15.4. The summed E-state index contributed by atoms with van der Waals surface area (Å²) in [6.45, 7) is 2.05. The van der Waals surface area contributed by atoms with Gasteiger partial charge < -0.3 is 4.74 Å². The van der Waals surface area contributed by atoms with Crippen molar-refractivity contribution in [1.29, 1.82) is 0 Å². The Morgan fingerprint density at radius 3 is 2.50 bits per heavy atom. The summed E-state index contributed by atoms with van der Waals surface area (Å²) in [6, 6.07) is 8.41. The number of aryl methyl sites for hydroxylation is 1. The Morgan fingerprint density at radius 1 is 1.22 bits per heavy atom.